The van der Waals surface area contributed by atoms with Crippen LogP contribution in [0.3, 0.4) is 0 Å². The van der Waals surface area contributed by atoms with Crippen molar-refractivity contribution in [3.63, 3.8) is 0 Å². The summed E-state index contributed by atoms with van der Waals surface area (Å²) in [5, 5.41) is 2.86. The summed E-state index contributed by atoms with van der Waals surface area (Å²) in [4.78, 5) is 26.4. The monoisotopic (exact) mass is 290 g/mol. The molecule has 0 aromatic heterocycles. The van der Waals surface area contributed by atoms with Crippen molar-refractivity contribution in [2.45, 2.75) is 32.4 Å². The Hall–Kier alpha value is -1.88. The Morgan fingerprint density at radius 1 is 1.38 bits per heavy atom. The van der Waals surface area contributed by atoms with E-state index in [1.807, 2.05) is 42.2 Å². The summed E-state index contributed by atoms with van der Waals surface area (Å²) in [6.07, 6.45) is 0.661. The second-order valence-electron chi connectivity index (χ2n) is 5.02. The van der Waals surface area contributed by atoms with E-state index in [9.17, 15) is 9.59 Å². The number of nitrogens with zero attached hydrogens (tertiary/aromatic N) is 1. The van der Waals surface area contributed by atoms with E-state index in [0.717, 1.165) is 5.56 Å². The highest BCUT2D eigenvalue weighted by Gasteiger charge is 2.38. The number of piperazine rings is 1. The summed E-state index contributed by atoms with van der Waals surface area (Å²) in [5.41, 5.74) is 0.865. The van der Waals surface area contributed by atoms with Crippen molar-refractivity contribution in [3.8, 4) is 0 Å². The molecule has 0 radical (unpaired) electrons. The van der Waals surface area contributed by atoms with Gasteiger partial charge in [0.1, 0.15) is 6.04 Å². The number of carbonyl (C=O) groups is 2. The number of amides is 1. The lowest BCUT2D eigenvalue weighted by molar-refractivity contribution is -0.153. The molecule has 1 saturated heterocycles. The van der Waals surface area contributed by atoms with Gasteiger partial charge in [-0.3, -0.25) is 9.69 Å². The fourth-order valence-electron chi connectivity index (χ4n) is 2.78. The van der Waals surface area contributed by atoms with Gasteiger partial charge in [-0.2, -0.15) is 0 Å². The normalized spacial score (nSPS) is 20.7. The third kappa shape index (κ3) is 3.42. The first-order valence-electron chi connectivity index (χ1n) is 7.44. The van der Waals surface area contributed by atoms with Crippen LogP contribution in [0.4, 0.5) is 0 Å². The van der Waals surface area contributed by atoms with E-state index in [0.29, 0.717) is 26.1 Å². The molecule has 0 aliphatic carbocycles. The molecular formula is C16H22N2O3. The molecule has 2 atom stereocenters. The van der Waals surface area contributed by atoms with Gasteiger partial charge in [-0.15, -0.1) is 0 Å². The van der Waals surface area contributed by atoms with Gasteiger partial charge in [0.2, 0.25) is 5.91 Å². The average molecular weight is 290 g/mol. The molecule has 1 N–H and O–H groups in total. The summed E-state index contributed by atoms with van der Waals surface area (Å²) in [6.45, 7) is 5.27. The molecule has 114 valence electrons. The van der Waals surface area contributed by atoms with Crippen LogP contribution in [0.5, 0.6) is 0 Å². The molecule has 2 unspecified atom stereocenters. The molecule has 21 heavy (non-hydrogen) atoms. The quantitative estimate of drug-likeness (QED) is 0.835. The van der Waals surface area contributed by atoms with Gasteiger partial charge >= 0.3 is 5.97 Å². The predicted octanol–water partition coefficient (Wildman–Crippen LogP) is 1.50. The molecule has 5 nitrogen and oxygen atoms in total. The maximum Gasteiger partial charge on any atom is 0.328 e. The van der Waals surface area contributed by atoms with Gasteiger partial charge in [-0.1, -0.05) is 37.3 Å². The number of ether oxygens (including phenoxy) is 1. The lowest BCUT2D eigenvalue weighted by atomic mass is 10.00. The van der Waals surface area contributed by atoms with E-state index >= 15 is 0 Å². The number of hydrogen-bond donors (Lipinski definition) is 1. The lowest BCUT2D eigenvalue weighted by Crippen LogP contribution is -2.57. The third-order valence-corrected chi connectivity index (χ3v) is 3.72. The molecule has 1 amide bonds. The largest absolute Gasteiger partial charge is 0.465 e. The summed E-state index contributed by atoms with van der Waals surface area (Å²) in [7, 11) is 0. The van der Waals surface area contributed by atoms with Gasteiger partial charge < -0.3 is 10.1 Å². The van der Waals surface area contributed by atoms with E-state index in [4.69, 9.17) is 4.74 Å². The minimum absolute atomic E-state index is 0.0195. The molecule has 1 fully saturated rings. The van der Waals surface area contributed by atoms with Crippen LogP contribution >= 0.6 is 0 Å². The van der Waals surface area contributed by atoms with Crippen LogP contribution in [-0.2, 0) is 14.3 Å². The standard InChI is InChI=1S/C16H22N2O3/c1-3-13-15(19)17-10-11-18(13)14(16(20)21-4-2)12-8-6-5-7-9-12/h5-9,13-14H,3-4,10-11H2,1-2H3,(H,17,19). The van der Waals surface area contributed by atoms with Crippen LogP contribution in [-0.4, -0.2) is 42.5 Å². The molecule has 1 aromatic rings. The molecule has 0 saturated carbocycles. The molecule has 1 aromatic carbocycles. The molecule has 1 aliphatic rings. The van der Waals surface area contributed by atoms with Crippen molar-refractivity contribution in [3.05, 3.63) is 35.9 Å². The lowest BCUT2D eigenvalue weighted by Gasteiger charge is -2.39. The summed E-state index contributed by atoms with van der Waals surface area (Å²) in [5.74, 6) is -0.314. The van der Waals surface area contributed by atoms with Gasteiger partial charge in [-0.05, 0) is 18.9 Å². The van der Waals surface area contributed by atoms with Crippen LogP contribution in [0.25, 0.3) is 0 Å². The van der Waals surface area contributed by atoms with Crippen molar-refractivity contribution in [1.29, 1.82) is 0 Å². The molecule has 0 spiro atoms. The zero-order chi connectivity index (χ0) is 15.2. The highest BCUT2D eigenvalue weighted by atomic mass is 16.5. The fourth-order valence-corrected chi connectivity index (χ4v) is 2.78. The van der Waals surface area contributed by atoms with Crippen molar-refractivity contribution in [1.82, 2.24) is 10.2 Å². The van der Waals surface area contributed by atoms with E-state index in [1.165, 1.54) is 0 Å². The van der Waals surface area contributed by atoms with Crippen LogP contribution < -0.4 is 5.32 Å². The van der Waals surface area contributed by atoms with Gasteiger partial charge in [0.05, 0.1) is 12.6 Å². The van der Waals surface area contributed by atoms with Crippen LogP contribution in [0, 0.1) is 0 Å². The first kappa shape index (κ1) is 15.5. The van der Waals surface area contributed by atoms with Gasteiger partial charge in [0.25, 0.3) is 0 Å². The summed E-state index contributed by atoms with van der Waals surface area (Å²) < 4.78 is 5.23. The summed E-state index contributed by atoms with van der Waals surface area (Å²) >= 11 is 0. The van der Waals surface area contributed by atoms with E-state index < -0.39 is 6.04 Å². The topological polar surface area (TPSA) is 58.6 Å². The molecule has 0 bridgehead atoms. The predicted molar refractivity (Wildman–Crippen MR) is 79.6 cm³/mol. The molecule has 5 heteroatoms. The van der Waals surface area contributed by atoms with Gasteiger partial charge in [0, 0.05) is 13.1 Å². The average Bonchev–Trinajstić information content (AvgIpc) is 2.49. The number of benzene rings is 1. The van der Waals surface area contributed by atoms with E-state index in [2.05, 4.69) is 5.32 Å². The van der Waals surface area contributed by atoms with Gasteiger partial charge in [-0.25, -0.2) is 4.79 Å². The van der Waals surface area contributed by atoms with Crippen molar-refractivity contribution < 1.29 is 14.3 Å². The van der Waals surface area contributed by atoms with Crippen molar-refractivity contribution in [2.24, 2.45) is 0 Å². The number of carbonyl (C=O) groups excluding carboxylic acids is 2. The Kier molecular flexibility index (Phi) is 5.33. The number of esters is 1. The second-order valence-corrected chi connectivity index (χ2v) is 5.02. The molecule has 2 rings (SSSR count). The molecule has 1 aliphatic heterocycles. The Balaban J connectivity index is 2.34. The highest BCUT2D eigenvalue weighted by molar-refractivity contribution is 5.84. The number of nitrogens with one attached hydrogen (secondary N) is 1. The maximum absolute atomic E-state index is 12.4. The van der Waals surface area contributed by atoms with Crippen LogP contribution in [0.2, 0.25) is 0 Å². The minimum atomic E-state index is -0.526. The first-order valence-corrected chi connectivity index (χ1v) is 7.44. The van der Waals surface area contributed by atoms with Crippen molar-refractivity contribution in [2.75, 3.05) is 19.7 Å². The SMILES string of the molecule is CCOC(=O)C(c1ccccc1)N1CCNC(=O)C1CC. The molecule has 1 heterocycles. The minimum Gasteiger partial charge on any atom is -0.465 e. The number of rotatable bonds is 5. The molecular weight excluding hydrogens is 268 g/mol. The van der Waals surface area contributed by atoms with Gasteiger partial charge in [0.15, 0.2) is 0 Å². The zero-order valence-corrected chi connectivity index (χ0v) is 12.5. The van der Waals surface area contributed by atoms with Crippen LogP contribution in [0.15, 0.2) is 30.3 Å². The maximum atomic E-state index is 12.4. The fraction of sp³-hybridized carbons (Fsp3) is 0.500. The highest BCUT2D eigenvalue weighted by Crippen LogP contribution is 2.26. The van der Waals surface area contributed by atoms with E-state index in [-0.39, 0.29) is 17.9 Å². The Morgan fingerprint density at radius 2 is 2.10 bits per heavy atom. The Bertz CT molecular complexity index is 490. The first-order chi connectivity index (χ1) is 10.2. The summed E-state index contributed by atoms with van der Waals surface area (Å²) in [6, 6.07) is 8.68. The smallest absolute Gasteiger partial charge is 0.328 e. The van der Waals surface area contributed by atoms with Crippen LogP contribution in [0.1, 0.15) is 31.9 Å². The second kappa shape index (κ2) is 7.22. The van der Waals surface area contributed by atoms with E-state index in [1.54, 1.807) is 6.92 Å². The van der Waals surface area contributed by atoms with Crippen molar-refractivity contribution >= 4 is 11.9 Å². The Morgan fingerprint density at radius 3 is 2.71 bits per heavy atom. The number of hydrogen-bond acceptors (Lipinski definition) is 4. The Labute approximate surface area is 125 Å². The zero-order valence-electron chi connectivity index (χ0n) is 12.5. The third-order valence-electron chi connectivity index (χ3n) is 3.72.